The van der Waals surface area contributed by atoms with Crippen LogP contribution in [0.2, 0.25) is 0 Å². The number of allylic oxidation sites excluding steroid dienone is 3. The summed E-state index contributed by atoms with van der Waals surface area (Å²) in [6.07, 6.45) is 6.93. The van der Waals surface area contributed by atoms with Crippen molar-refractivity contribution in [2.75, 3.05) is 7.05 Å². The molecule has 0 saturated heterocycles. The van der Waals surface area contributed by atoms with Gasteiger partial charge in [-0.2, -0.15) is 0 Å². The summed E-state index contributed by atoms with van der Waals surface area (Å²) in [5, 5.41) is 2.02. The molecule has 1 aromatic rings. The average Bonchev–Trinajstić information content (AvgIpc) is 2.67. The van der Waals surface area contributed by atoms with Crippen LogP contribution in [0.3, 0.4) is 0 Å². The number of nitrogens with zero attached hydrogens (tertiary/aromatic N) is 2. The van der Waals surface area contributed by atoms with Crippen molar-refractivity contribution in [1.29, 1.82) is 0 Å². The number of aromatic amines is 1. The van der Waals surface area contributed by atoms with Gasteiger partial charge in [0.25, 0.3) is 0 Å². The van der Waals surface area contributed by atoms with Crippen molar-refractivity contribution < 1.29 is 0 Å². The van der Waals surface area contributed by atoms with Crippen LogP contribution in [-0.2, 0) is 6.42 Å². The molecule has 0 unspecified atom stereocenters. The number of hydrogen-bond donors (Lipinski definition) is 1. The van der Waals surface area contributed by atoms with Crippen LogP contribution in [0, 0.1) is 0 Å². The Balaban J connectivity index is 2.34. The Kier molecular flexibility index (Phi) is 3.19. The van der Waals surface area contributed by atoms with Crippen LogP contribution in [0.5, 0.6) is 0 Å². The van der Waals surface area contributed by atoms with E-state index in [1.54, 1.807) is 11.9 Å². The lowest BCUT2D eigenvalue weighted by molar-refractivity contribution is 0.797. The maximum atomic E-state index is 4.53. The van der Waals surface area contributed by atoms with Gasteiger partial charge in [-0.3, -0.25) is 0 Å². The third-order valence-corrected chi connectivity index (χ3v) is 3.17. The van der Waals surface area contributed by atoms with Gasteiger partial charge in [-0.05, 0) is 41.5 Å². The Morgan fingerprint density at radius 3 is 3.06 bits per heavy atom. The van der Waals surface area contributed by atoms with Crippen LogP contribution in [0.4, 0.5) is 0 Å². The highest BCUT2D eigenvalue weighted by Crippen LogP contribution is 2.27. The van der Waals surface area contributed by atoms with Crippen molar-refractivity contribution in [2.24, 2.45) is 0 Å². The molecule has 0 amide bonds. The minimum Gasteiger partial charge on any atom is -0.343 e. The lowest BCUT2D eigenvalue weighted by atomic mass is 10.2. The highest BCUT2D eigenvalue weighted by Gasteiger charge is 2.13. The summed E-state index contributed by atoms with van der Waals surface area (Å²) in [5.41, 5.74) is 3.12. The van der Waals surface area contributed by atoms with Crippen molar-refractivity contribution in [3.8, 4) is 0 Å². The number of H-pyrrole nitrogens is 1. The quantitative estimate of drug-likeness (QED) is 0.797. The summed E-state index contributed by atoms with van der Waals surface area (Å²) < 4.78 is 2.08. The average molecular weight is 233 g/mol. The molecular weight excluding hydrogens is 218 g/mol. The molecule has 0 bridgehead atoms. The van der Waals surface area contributed by atoms with E-state index in [1.807, 2.05) is 30.8 Å². The minimum absolute atomic E-state index is 0.900. The number of hydrogen-bond acceptors (Lipinski definition) is 3. The van der Waals surface area contributed by atoms with Gasteiger partial charge in [0.15, 0.2) is 5.82 Å². The fourth-order valence-electron chi connectivity index (χ4n) is 1.47. The van der Waals surface area contributed by atoms with Gasteiger partial charge >= 0.3 is 0 Å². The monoisotopic (exact) mass is 233 g/mol. The summed E-state index contributed by atoms with van der Waals surface area (Å²) in [6.45, 7) is 6.06. The maximum absolute atomic E-state index is 4.53. The zero-order valence-electron chi connectivity index (χ0n) is 9.53. The van der Waals surface area contributed by atoms with Gasteiger partial charge in [-0.25, -0.2) is 4.98 Å². The summed E-state index contributed by atoms with van der Waals surface area (Å²) >= 11 is 1.63. The molecule has 2 rings (SSSR count). The Bertz CT molecular complexity index is 457. The van der Waals surface area contributed by atoms with E-state index in [-0.39, 0.29) is 0 Å². The Labute approximate surface area is 100 Å². The first-order valence-electron chi connectivity index (χ1n) is 5.23. The smallest absolute Gasteiger partial charge is 0.154 e. The topological polar surface area (TPSA) is 31.9 Å². The number of rotatable bonds is 2. The Morgan fingerprint density at radius 2 is 2.38 bits per heavy atom. The maximum Gasteiger partial charge on any atom is 0.154 e. The number of nitrogens with one attached hydrogen (secondary N) is 1. The van der Waals surface area contributed by atoms with E-state index < -0.39 is 0 Å². The summed E-state index contributed by atoms with van der Waals surface area (Å²) in [6, 6.07) is 0. The van der Waals surface area contributed by atoms with Crippen molar-refractivity contribution in [2.45, 2.75) is 13.3 Å². The van der Waals surface area contributed by atoms with Gasteiger partial charge in [-0.1, -0.05) is 13.5 Å². The molecule has 0 spiro atoms. The Hall–Kier alpha value is -1.42. The molecule has 1 aliphatic rings. The van der Waals surface area contributed by atoms with Crippen LogP contribution in [0.25, 0.3) is 5.70 Å². The molecule has 0 saturated carbocycles. The summed E-state index contributed by atoms with van der Waals surface area (Å²) in [7, 11) is 2.02. The molecule has 2 heterocycles. The molecule has 0 aromatic carbocycles. The van der Waals surface area contributed by atoms with Gasteiger partial charge in [0.1, 0.15) is 0 Å². The zero-order valence-corrected chi connectivity index (χ0v) is 10.3. The second-order valence-corrected chi connectivity index (χ2v) is 4.63. The molecule has 1 aliphatic heterocycles. The van der Waals surface area contributed by atoms with E-state index in [0.29, 0.717) is 0 Å². The molecule has 0 radical (unpaired) electrons. The molecule has 4 heteroatoms. The van der Waals surface area contributed by atoms with Crippen molar-refractivity contribution in [3.05, 3.63) is 47.4 Å². The number of aromatic nitrogens is 2. The first-order valence-corrected chi connectivity index (χ1v) is 6.06. The van der Waals surface area contributed by atoms with E-state index in [4.69, 9.17) is 0 Å². The van der Waals surface area contributed by atoms with E-state index in [9.17, 15) is 0 Å². The van der Waals surface area contributed by atoms with E-state index >= 15 is 0 Å². The molecule has 1 aromatic heterocycles. The van der Waals surface area contributed by atoms with Crippen molar-refractivity contribution in [3.63, 3.8) is 0 Å². The molecular formula is C12H15N3S. The Morgan fingerprint density at radius 1 is 1.56 bits per heavy atom. The van der Waals surface area contributed by atoms with Crippen LogP contribution >= 0.6 is 11.9 Å². The third kappa shape index (κ3) is 2.22. The molecule has 0 fully saturated rings. The van der Waals surface area contributed by atoms with Gasteiger partial charge < -0.3 is 9.29 Å². The lowest BCUT2D eigenvalue weighted by Gasteiger charge is -2.16. The van der Waals surface area contributed by atoms with Crippen molar-refractivity contribution >= 4 is 17.6 Å². The van der Waals surface area contributed by atoms with E-state index in [1.165, 1.54) is 0 Å². The first-order chi connectivity index (χ1) is 7.70. The number of aryl methyl sites for hydroxylation is 1. The van der Waals surface area contributed by atoms with Crippen LogP contribution in [0.15, 0.2) is 35.9 Å². The fourth-order valence-corrected chi connectivity index (χ4v) is 2.14. The normalized spacial score (nSPS) is 16.2. The highest BCUT2D eigenvalue weighted by atomic mass is 32.2. The standard InChI is InChI=1S/C12H15N3S/c1-4-10-8-13-12(14-10)11-7-9(2)5-6-16-15(11)3/h5-8H,2,4H2,1,3H3,(H,13,14). The van der Waals surface area contributed by atoms with Gasteiger partial charge in [0, 0.05) is 13.2 Å². The van der Waals surface area contributed by atoms with E-state index in [0.717, 1.165) is 29.2 Å². The minimum atomic E-state index is 0.900. The SMILES string of the molecule is C=C1C=CSN(C)C(c2nc(CC)c[nH]2)=C1. The lowest BCUT2D eigenvalue weighted by Crippen LogP contribution is -2.07. The predicted octanol–water partition coefficient (Wildman–Crippen LogP) is 2.98. The molecule has 16 heavy (non-hydrogen) atoms. The largest absolute Gasteiger partial charge is 0.343 e. The fraction of sp³-hybridized carbons (Fsp3) is 0.250. The molecule has 0 atom stereocenters. The second kappa shape index (κ2) is 4.61. The van der Waals surface area contributed by atoms with Crippen LogP contribution in [0.1, 0.15) is 18.4 Å². The van der Waals surface area contributed by atoms with Crippen LogP contribution < -0.4 is 0 Å². The molecule has 84 valence electrons. The van der Waals surface area contributed by atoms with Crippen molar-refractivity contribution in [1.82, 2.24) is 14.3 Å². The summed E-state index contributed by atoms with van der Waals surface area (Å²) in [5.74, 6) is 0.900. The second-order valence-electron chi connectivity index (χ2n) is 3.60. The van der Waals surface area contributed by atoms with Gasteiger partial charge in [0.2, 0.25) is 0 Å². The van der Waals surface area contributed by atoms with Gasteiger partial charge in [0.05, 0.1) is 11.4 Å². The predicted molar refractivity (Wildman–Crippen MR) is 69.6 cm³/mol. The van der Waals surface area contributed by atoms with Gasteiger partial charge in [-0.15, -0.1) is 0 Å². The third-order valence-electron chi connectivity index (χ3n) is 2.40. The molecule has 3 nitrogen and oxygen atoms in total. The zero-order chi connectivity index (χ0) is 11.5. The van der Waals surface area contributed by atoms with E-state index in [2.05, 4.69) is 27.8 Å². The first kappa shape index (κ1) is 11.1. The summed E-state index contributed by atoms with van der Waals surface area (Å²) in [4.78, 5) is 7.73. The number of imidazole rings is 1. The highest BCUT2D eigenvalue weighted by molar-refractivity contribution is 8.00. The molecule has 0 aliphatic carbocycles. The van der Waals surface area contributed by atoms with Crippen LogP contribution in [-0.4, -0.2) is 21.3 Å². The molecule has 1 N–H and O–H groups in total.